The van der Waals surface area contributed by atoms with Gasteiger partial charge in [-0.3, -0.25) is 4.79 Å². The van der Waals surface area contributed by atoms with Crippen LogP contribution in [0, 0.1) is 0 Å². The average Bonchev–Trinajstić information content (AvgIpc) is 3.53. The monoisotopic (exact) mass is 792 g/mol. The maximum absolute atomic E-state index is 13.4. The molecule has 0 saturated carbocycles. The van der Waals surface area contributed by atoms with Crippen LogP contribution in [0.2, 0.25) is 0 Å². The van der Waals surface area contributed by atoms with Gasteiger partial charge in [-0.2, -0.15) is 0 Å². The van der Waals surface area contributed by atoms with Crippen LogP contribution in [0.1, 0.15) is 172 Å². The van der Waals surface area contributed by atoms with E-state index in [-0.39, 0.29) is 25.7 Å². The van der Waals surface area contributed by atoms with E-state index in [4.69, 9.17) is 14.2 Å². The zero-order chi connectivity index (χ0) is 41.1. The number of unbranched alkanes of at least 4 members (excludes halogenated alkanes) is 18. The third kappa shape index (κ3) is 17.3. The second-order valence-corrected chi connectivity index (χ2v) is 15.2. The number of imide groups is 3. The number of ether oxygens (including phenoxy) is 3. The Kier molecular flexibility index (Phi) is 23.1. The number of carboxylic acids is 1. The molecule has 3 rings (SSSR count). The van der Waals surface area contributed by atoms with Crippen LogP contribution in [0.25, 0.3) is 11.1 Å². The first kappa shape index (κ1) is 47.0. The average molecular weight is 793 g/mol. The summed E-state index contributed by atoms with van der Waals surface area (Å²) in [6.07, 6.45) is 17.7. The molecule has 1 unspecified atom stereocenters. The molecular formula is C46H68N2O9. The predicted molar refractivity (Wildman–Crippen MR) is 222 cm³/mol. The fraction of sp³-hybridized carbons (Fsp3) is 0.630. The fourth-order valence-corrected chi connectivity index (χ4v) is 7.32. The summed E-state index contributed by atoms with van der Waals surface area (Å²) in [4.78, 5) is 64.9. The summed E-state index contributed by atoms with van der Waals surface area (Å²) in [5.41, 5.74) is 4.12. The Morgan fingerprint density at radius 3 is 1.42 bits per heavy atom. The van der Waals surface area contributed by atoms with Crippen LogP contribution in [0.3, 0.4) is 0 Å². The Balaban J connectivity index is 1.49. The molecule has 0 heterocycles. The molecule has 11 heteroatoms. The molecule has 2 N–H and O–H groups in total. The molecular weight excluding hydrogens is 725 g/mol. The van der Waals surface area contributed by atoms with Gasteiger partial charge in [0.2, 0.25) is 5.91 Å². The summed E-state index contributed by atoms with van der Waals surface area (Å²) >= 11 is 0. The summed E-state index contributed by atoms with van der Waals surface area (Å²) in [6, 6.07) is 14.2. The topological polar surface area (TPSA) is 149 Å². The molecule has 11 nitrogen and oxygen atoms in total. The molecule has 0 aliphatic heterocycles. The lowest BCUT2D eigenvalue weighted by Gasteiger charge is -2.20. The van der Waals surface area contributed by atoms with Gasteiger partial charge >= 0.3 is 24.2 Å². The normalized spacial score (nSPS) is 12.3. The predicted octanol–water partition coefficient (Wildman–Crippen LogP) is 11.7. The number of carbonyl (C=O) groups excluding carboxylic acids is 4. The highest BCUT2D eigenvalue weighted by atomic mass is 16.6. The van der Waals surface area contributed by atoms with Gasteiger partial charge in [0, 0.05) is 12.3 Å². The number of hydrogen-bond donors (Lipinski definition) is 2. The van der Waals surface area contributed by atoms with Gasteiger partial charge in [-0.25, -0.2) is 19.2 Å². The van der Waals surface area contributed by atoms with Gasteiger partial charge in [0.15, 0.2) is 0 Å². The Morgan fingerprint density at radius 2 is 1.00 bits per heavy atom. The van der Waals surface area contributed by atoms with Crippen LogP contribution < -0.4 is 5.32 Å². The van der Waals surface area contributed by atoms with Crippen molar-refractivity contribution < 1.29 is 43.3 Å². The van der Waals surface area contributed by atoms with Gasteiger partial charge in [0.1, 0.15) is 12.6 Å². The number of hydrogen-bond acceptors (Lipinski definition) is 8. The maximum Gasteiger partial charge on any atom is 0.426 e. The van der Waals surface area contributed by atoms with Crippen molar-refractivity contribution in [2.75, 3.05) is 19.8 Å². The summed E-state index contributed by atoms with van der Waals surface area (Å²) in [7, 11) is 0. The Hall–Kier alpha value is -4.41. The van der Waals surface area contributed by atoms with Crippen molar-refractivity contribution in [2.45, 2.75) is 167 Å². The highest BCUT2D eigenvalue weighted by Gasteiger charge is 2.34. The second kappa shape index (κ2) is 28.1. The van der Waals surface area contributed by atoms with E-state index in [1.165, 1.54) is 77.0 Å². The second-order valence-electron chi connectivity index (χ2n) is 15.2. The molecule has 2 aromatic rings. The number of amides is 4. The van der Waals surface area contributed by atoms with Crippen LogP contribution in [-0.4, -0.2) is 66.0 Å². The van der Waals surface area contributed by atoms with Gasteiger partial charge in [-0.15, -0.1) is 4.90 Å². The number of fused-ring (bicyclic) bond motifs is 3. The van der Waals surface area contributed by atoms with Gasteiger partial charge in [0.25, 0.3) is 0 Å². The zero-order valence-electron chi connectivity index (χ0n) is 34.6. The van der Waals surface area contributed by atoms with E-state index in [9.17, 15) is 29.1 Å². The smallest absolute Gasteiger partial charge is 0.426 e. The van der Waals surface area contributed by atoms with E-state index in [0.29, 0.717) is 17.7 Å². The van der Waals surface area contributed by atoms with Crippen molar-refractivity contribution in [3.63, 3.8) is 0 Å². The number of rotatable bonds is 29. The minimum atomic E-state index is -1.52. The molecule has 4 amide bonds. The molecule has 1 aliphatic rings. The Morgan fingerprint density at radius 1 is 0.596 bits per heavy atom. The quantitative estimate of drug-likeness (QED) is 0.0606. The molecule has 1 aliphatic carbocycles. The van der Waals surface area contributed by atoms with Gasteiger partial charge in [0.05, 0.1) is 13.2 Å². The molecule has 1 atom stereocenters. The molecule has 2 aromatic carbocycles. The van der Waals surface area contributed by atoms with Crippen molar-refractivity contribution in [2.24, 2.45) is 0 Å². The molecule has 0 radical (unpaired) electrons. The SMILES string of the molecule is CCCCCCCCCCCCOC(=O)N(C(=O)CCC(NC(=O)OCC1c2ccccc2-c2ccccc21)C(=O)O)C(=O)OCCCCCCCCCCCC. The minimum Gasteiger partial charge on any atom is -0.480 e. The van der Waals surface area contributed by atoms with Crippen molar-refractivity contribution >= 4 is 30.2 Å². The standard InChI is InChI=1S/C46H68N2O9/c1-3-5-7-9-11-13-15-17-19-25-33-55-45(53)48(46(54)56-34-26-20-18-16-14-12-10-8-6-4-2)42(49)32-31-41(43(50)51)47-44(52)57-35-40-38-29-23-21-27-36(38)37-28-22-24-30-39(37)40/h21-24,27-30,40-41H,3-20,25-26,31-35H2,1-2H3,(H,47,52)(H,50,51). The lowest BCUT2D eigenvalue weighted by molar-refractivity contribution is -0.139. The van der Waals surface area contributed by atoms with E-state index >= 15 is 0 Å². The molecule has 0 saturated heterocycles. The number of carbonyl (C=O) groups is 5. The largest absolute Gasteiger partial charge is 0.480 e. The Bertz CT molecular complexity index is 1430. The number of benzene rings is 2. The summed E-state index contributed by atoms with van der Waals surface area (Å²) in [6.45, 7) is 4.45. The fourth-order valence-electron chi connectivity index (χ4n) is 7.32. The third-order valence-electron chi connectivity index (χ3n) is 10.6. The summed E-state index contributed by atoms with van der Waals surface area (Å²) in [5.74, 6) is -2.59. The van der Waals surface area contributed by atoms with Gasteiger partial charge in [-0.1, -0.05) is 178 Å². The summed E-state index contributed by atoms with van der Waals surface area (Å²) < 4.78 is 16.2. The maximum atomic E-state index is 13.4. The van der Waals surface area contributed by atoms with Crippen LogP contribution in [0.4, 0.5) is 14.4 Å². The number of aliphatic carboxylic acids is 1. The molecule has 0 aromatic heterocycles. The zero-order valence-corrected chi connectivity index (χ0v) is 34.6. The van der Waals surface area contributed by atoms with E-state index < -0.39 is 49.0 Å². The van der Waals surface area contributed by atoms with Crippen LogP contribution in [-0.2, 0) is 23.8 Å². The van der Waals surface area contributed by atoms with E-state index in [2.05, 4.69) is 19.2 Å². The molecule has 316 valence electrons. The number of alkyl carbamates (subject to hydrolysis) is 1. The van der Waals surface area contributed by atoms with E-state index in [0.717, 1.165) is 60.8 Å². The number of nitrogens with zero attached hydrogens (tertiary/aromatic N) is 1. The van der Waals surface area contributed by atoms with E-state index in [1.807, 2.05) is 48.5 Å². The molecule has 0 spiro atoms. The molecule has 0 bridgehead atoms. The van der Waals surface area contributed by atoms with Gasteiger partial charge < -0.3 is 24.6 Å². The molecule has 0 fully saturated rings. The number of nitrogens with one attached hydrogen (secondary N) is 1. The lowest BCUT2D eigenvalue weighted by atomic mass is 9.98. The van der Waals surface area contributed by atoms with Gasteiger partial charge in [-0.05, 0) is 41.5 Å². The van der Waals surface area contributed by atoms with Crippen molar-refractivity contribution in [1.29, 1.82) is 0 Å². The first-order valence-corrected chi connectivity index (χ1v) is 21.8. The first-order chi connectivity index (χ1) is 27.8. The van der Waals surface area contributed by atoms with Crippen LogP contribution >= 0.6 is 0 Å². The highest BCUT2D eigenvalue weighted by molar-refractivity contribution is 6.06. The van der Waals surface area contributed by atoms with Crippen molar-refractivity contribution in [3.8, 4) is 11.1 Å². The third-order valence-corrected chi connectivity index (χ3v) is 10.6. The number of carboxylic acid groups (broad SMARTS) is 1. The van der Waals surface area contributed by atoms with Crippen molar-refractivity contribution in [1.82, 2.24) is 10.2 Å². The molecule has 57 heavy (non-hydrogen) atoms. The first-order valence-electron chi connectivity index (χ1n) is 21.8. The summed E-state index contributed by atoms with van der Waals surface area (Å²) in [5, 5.41) is 12.2. The Labute approximate surface area is 340 Å². The van der Waals surface area contributed by atoms with Crippen LogP contribution in [0.5, 0.6) is 0 Å². The lowest BCUT2D eigenvalue weighted by Crippen LogP contribution is -2.45. The highest BCUT2D eigenvalue weighted by Crippen LogP contribution is 2.44. The minimum absolute atomic E-state index is 0.0192. The van der Waals surface area contributed by atoms with Crippen LogP contribution in [0.15, 0.2) is 48.5 Å². The van der Waals surface area contributed by atoms with Crippen molar-refractivity contribution in [3.05, 3.63) is 59.7 Å². The van der Waals surface area contributed by atoms with E-state index in [1.54, 1.807) is 0 Å².